The maximum atomic E-state index is 4.66. The molecule has 2 rings (SSSR count). The Kier molecular flexibility index (Phi) is 5.64. The van der Waals surface area contributed by atoms with Crippen LogP contribution < -0.4 is 0 Å². The van der Waals surface area contributed by atoms with Gasteiger partial charge in [-0.1, -0.05) is 13.8 Å². The van der Waals surface area contributed by atoms with Crippen molar-refractivity contribution in [3.05, 3.63) is 23.8 Å². The summed E-state index contributed by atoms with van der Waals surface area (Å²) in [6, 6.07) is 2.06. The lowest BCUT2D eigenvalue weighted by atomic mass is 9.99. The number of aromatic nitrogens is 2. The van der Waals surface area contributed by atoms with Crippen LogP contribution in [0.15, 0.2) is 12.3 Å². The first kappa shape index (κ1) is 14.8. The molecule has 0 aliphatic carbocycles. The van der Waals surface area contributed by atoms with Crippen LogP contribution in [0.4, 0.5) is 0 Å². The molecular weight excluding hydrogens is 254 g/mol. The van der Waals surface area contributed by atoms with Gasteiger partial charge in [0, 0.05) is 18.7 Å². The molecule has 0 saturated carbocycles. The number of thioether (sulfide) groups is 1. The van der Waals surface area contributed by atoms with Crippen LogP contribution in [-0.4, -0.2) is 40.0 Å². The number of likely N-dealkylation sites (tertiary alicyclic amines) is 1. The van der Waals surface area contributed by atoms with E-state index in [9.17, 15) is 0 Å². The summed E-state index contributed by atoms with van der Waals surface area (Å²) in [5.41, 5.74) is 1.17. The normalized spacial score (nSPS) is 18.1. The van der Waals surface area contributed by atoms with Crippen molar-refractivity contribution in [1.82, 2.24) is 14.9 Å². The van der Waals surface area contributed by atoms with Gasteiger partial charge in [0.25, 0.3) is 0 Å². The van der Waals surface area contributed by atoms with Gasteiger partial charge in [-0.15, -0.1) is 0 Å². The van der Waals surface area contributed by atoms with E-state index >= 15 is 0 Å². The van der Waals surface area contributed by atoms with Crippen molar-refractivity contribution in [1.29, 1.82) is 0 Å². The van der Waals surface area contributed by atoms with Gasteiger partial charge >= 0.3 is 0 Å². The van der Waals surface area contributed by atoms with Crippen molar-refractivity contribution in [3.63, 3.8) is 0 Å². The summed E-state index contributed by atoms with van der Waals surface area (Å²) in [4.78, 5) is 11.5. The Balaban J connectivity index is 1.87. The van der Waals surface area contributed by atoms with Crippen LogP contribution in [0.2, 0.25) is 0 Å². The second-order valence-corrected chi connectivity index (χ2v) is 6.65. The molecule has 0 N–H and O–H groups in total. The summed E-state index contributed by atoms with van der Waals surface area (Å²) >= 11 is 1.98. The van der Waals surface area contributed by atoms with E-state index in [4.69, 9.17) is 0 Å². The summed E-state index contributed by atoms with van der Waals surface area (Å²) in [5.74, 6) is 3.61. The third-order valence-electron chi connectivity index (χ3n) is 3.74. The molecule has 1 fully saturated rings. The van der Waals surface area contributed by atoms with Gasteiger partial charge in [0.1, 0.15) is 5.82 Å². The van der Waals surface area contributed by atoms with Crippen LogP contribution in [0.1, 0.15) is 44.1 Å². The van der Waals surface area contributed by atoms with Crippen molar-refractivity contribution in [2.24, 2.45) is 5.92 Å². The van der Waals surface area contributed by atoms with Crippen molar-refractivity contribution >= 4 is 11.8 Å². The molecule has 1 aromatic rings. The number of rotatable bonds is 5. The zero-order chi connectivity index (χ0) is 13.7. The minimum absolute atomic E-state index is 0.410. The molecule has 0 atom stereocenters. The molecule has 19 heavy (non-hydrogen) atoms. The summed E-state index contributed by atoms with van der Waals surface area (Å²) in [6.07, 6.45) is 6.78. The van der Waals surface area contributed by atoms with Gasteiger partial charge in [0.15, 0.2) is 0 Å². The van der Waals surface area contributed by atoms with Gasteiger partial charge < -0.3 is 0 Å². The SMILES string of the molecule is CSCC1CCN(Cc2ccnc(C(C)C)n2)CC1. The zero-order valence-electron chi connectivity index (χ0n) is 12.3. The molecule has 4 heteroatoms. The van der Waals surface area contributed by atoms with Gasteiger partial charge in [-0.05, 0) is 49.9 Å². The fourth-order valence-corrected chi connectivity index (χ4v) is 3.36. The molecule has 0 amide bonds. The molecule has 0 unspecified atom stereocenters. The highest BCUT2D eigenvalue weighted by Gasteiger charge is 2.19. The lowest BCUT2D eigenvalue weighted by Gasteiger charge is -2.31. The second kappa shape index (κ2) is 7.25. The molecule has 1 saturated heterocycles. The minimum Gasteiger partial charge on any atom is -0.297 e. The fourth-order valence-electron chi connectivity index (χ4n) is 2.56. The van der Waals surface area contributed by atoms with Crippen molar-refractivity contribution < 1.29 is 0 Å². The first-order valence-corrected chi connectivity index (χ1v) is 8.61. The maximum Gasteiger partial charge on any atom is 0.131 e. The molecule has 3 nitrogen and oxygen atoms in total. The third-order valence-corrected chi connectivity index (χ3v) is 4.55. The van der Waals surface area contributed by atoms with E-state index in [1.807, 2.05) is 18.0 Å². The summed E-state index contributed by atoms with van der Waals surface area (Å²) < 4.78 is 0. The number of piperidine rings is 1. The number of nitrogens with zero attached hydrogens (tertiary/aromatic N) is 3. The van der Waals surface area contributed by atoms with E-state index in [2.05, 4.69) is 41.0 Å². The fraction of sp³-hybridized carbons (Fsp3) is 0.733. The van der Waals surface area contributed by atoms with Crippen LogP contribution >= 0.6 is 11.8 Å². The molecule has 1 aliphatic rings. The standard InChI is InChI=1S/C15H25N3S/c1-12(2)15-16-7-4-14(17-15)10-18-8-5-13(6-9-18)11-19-3/h4,7,12-13H,5-6,8-11H2,1-3H3. The summed E-state index contributed by atoms with van der Waals surface area (Å²) in [6.45, 7) is 7.70. The lowest BCUT2D eigenvalue weighted by molar-refractivity contribution is 0.185. The zero-order valence-corrected chi connectivity index (χ0v) is 13.1. The number of hydrogen-bond acceptors (Lipinski definition) is 4. The predicted octanol–water partition coefficient (Wildman–Crippen LogP) is 3.18. The van der Waals surface area contributed by atoms with Gasteiger partial charge in [-0.25, -0.2) is 9.97 Å². The second-order valence-electron chi connectivity index (χ2n) is 5.74. The molecule has 2 heterocycles. The molecule has 0 spiro atoms. The third kappa shape index (κ3) is 4.46. The van der Waals surface area contributed by atoms with E-state index in [1.54, 1.807) is 0 Å². The number of hydrogen-bond donors (Lipinski definition) is 0. The lowest BCUT2D eigenvalue weighted by Crippen LogP contribution is -2.34. The molecule has 1 aromatic heterocycles. The van der Waals surface area contributed by atoms with Crippen LogP contribution in [-0.2, 0) is 6.54 Å². The Hall–Kier alpha value is -0.610. The van der Waals surface area contributed by atoms with Gasteiger partial charge in [-0.2, -0.15) is 11.8 Å². The van der Waals surface area contributed by atoms with E-state index in [1.165, 1.54) is 37.4 Å². The summed E-state index contributed by atoms with van der Waals surface area (Å²) in [5, 5.41) is 0. The molecule has 0 radical (unpaired) electrons. The van der Waals surface area contributed by atoms with E-state index < -0.39 is 0 Å². The van der Waals surface area contributed by atoms with Gasteiger partial charge in [-0.3, -0.25) is 4.90 Å². The largest absolute Gasteiger partial charge is 0.297 e. The monoisotopic (exact) mass is 279 g/mol. The van der Waals surface area contributed by atoms with E-state index in [-0.39, 0.29) is 0 Å². The van der Waals surface area contributed by atoms with Gasteiger partial charge in [0.05, 0.1) is 5.69 Å². The first-order valence-electron chi connectivity index (χ1n) is 7.22. The molecule has 0 aromatic carbocycles. The van der Waals surface area contributed by atoms with Crippen LogP contribution in [0, 0.1) is 5.92 Å². The highest BCUT2D eigenvalue weighted by Crippen LogP contribution is 2.21. The first-order chi connectivity index (χ1) is 9.19. The molecule has 106 valence electrons. The molecule has 0 bridgehead atoms. The predicted molar refractivity (Wildman–Crippen MR) is 82.5 cm³/mol. The van der Waals surface area contributed by atoms with Crippen LogP contribution in [0.3, 0.4) is 0 Å². The van der Waals surface area contributed by atoms with Crippen LogP contribution in [0.5, 0.6) is 0 Å². The Morgan fingerprint density at radius 1 is 1.37 bits per heavy atom. The van der Waals surface area contributed by atoms with Crippen molar-refractivity contribution in [2.75, 3.05) is 25.1 Å². The van der Waals surface area contributed by atoms with Crippen molar-refractivity contribution in [3.8, 4) is 0 Å². The Bertz CT molecular complexity index is 387. The Labute approximate surface area is 121 Å². The average Bonchev–Trinajstić information content (AvgIpc) is 2.42. The summed E-state index contributed by atoms with van der Waals surface area (Å²) in [7, 11) is 0. The highest BCUT2D eigenvalue weighted by atomic mass is 32.2. The Morgan fingerprint density at radius 3 is 2.74 bits per heavy atom. The smallest absolute Gasteiger partial charge is 0.131 e. The average molecular weight is 279 g/mol. The van der Waals surface area contributed by atoms with Crippen molar-refractivity contribution in [2.45, 2.75) is 39.2 Å². The quantitative estimate of drug-likeness (QED) is 0.828. The topological polar surface area (TPSA) is 29.0 Å². The minimum atomic E-state index is 0.410. The van der Waals surface area contributed by atoms with Gasteiger partial charge in [0.2, 0.25) is 0 Å². The molecular formula is C15H25N3S. The molecule has 1 aliphatic heterocycles. The van der Waals surface area contributed by atoms with E-state index in [0.29, 0.717) is 5.92 Å². The Morgan fingerprint density at radius 2 is 2.11 bits per heavy atom. The van der Waals surface area contributed by atoms with E-state index in [0.717, 1.165) is 18.3 Å². The van der Waals surface area contributed by atoms with Crippen LogP contribution in [0.25, 0.3) is 0 Å². The maximum absolute atomic E-state index is 4.66. The highest BCUT2D eigenvalue weighted by molar-refractivity contribution is 7.98.